The van der Waals surface area contributed by atoms with Crippen LogP contribution in [0.4, 0.5) is 0 Å². The van der Waals surface area contributed by atoms with E-state index in [0.29, 0.717) is 0 Å². The third-order valence-electron chi connectivity index (χ3n) is 6.48. The van der Waals surface area contributed by atoms with Gasteiger partial charge in [0, 0.05) is 0 Å². The molecule has 0 radical (unpaired) electrons. The highest BCUT2D eigenvalue weighted by atomic mass is 15.1. The second kappa shape index (κ2) is 26.0. The molecule has 0 aliphatic heterocycles. The predicted octanol–water partition coefficient (Wildman–Crippen LogP) is 9.93. The third-order valence-corrected chi connectivity index (χ3v) is 6.48. The molecular formula is C28H59N. The van der Waals surface area contributed by atoms with Crippen LogP contribution in [-0.4, -0.2) is 24.5 Å². The van der Waals surface area contributed by atoms with Crippen LogP contribution in [0, 0.1) is 0 Å². The summed E-state index contributed by atoms with van der Waals surface area (Å²) in [7, 11) is 0. The van der Waals surface area contributed by atoms with E-state index in [1.165, 1.54) is 161 Å². The number of unbranched alkanes of at least 4 members (excludes halogenated alkanes) is 19. The van der Waals surface area contributed by atoms with E-state index in [4.69, 9.17) is 0 Å². The first kappa shape index (κ1) is 29.0. The highest BCUT2D eigenvalue weighted by Crippen LogP contribution is 2.13. The van der Waals surface area contributed by atoms with Crippen LogP contribution in [0.5, 0.6) is 0 Å². The van der Waals surface area contributed by atoms with Gasteiger partial charge in [0.05, 0.1) is 0 Å². The summed E-state index contributed by atoms with van der Waals surface area (Å²) in [6, 6.07) is 0. The Kier molecular flexibility index (Phi) is 26.0. The topological polar surface area (TPSA) is 3.24 Å². The Hall–Kier alpha value is -0.0400. The van der Waals surface area contributed by atoms with Crippen LogP contribution in [0.1, 0.15) is 162 Å². The van der Waals surface area contributed by atoms with Gasteiger partial charge in [-0.1, -0.05) is 143 Å². The molecule has 1 nitrogen and oxygen atoms in total. The van der Waals surface area contributed by atoms with Crippen LogP contribution in [0.3, 0.4) is 0 Å². The van der Waals surface area contributed by atoms with Crippen molar-refractivity contribution in [2.75, 3.05) is 19.6 Å². The van der Waals surface area contributed by atoms with Crippen molar-refractivity contribution in [2.45, 2.75) is 162 Å². The summed E-state index contributed by atoms with van der Waals surface area (Å²) in [5.41, 5.74) is 0. The molecule has 0 spiro atoms. The summed E-state index contributed by atoms with van der Waals surface area (Å²) in [5.74, 6) is 0. The van der Waals surface area contributed by atoms with Gasteiger partial charge in [-0.3, -0.25) is 0 Å². The first-order valence-electron chi connectivity index (χ1n) is 14.1. The molecule has 0 bridgehead atoms. The molecule has 0 aromatic carbocycles. The van der Waals surface area contributed by atoms with E-state index in [2.05, 4.69) is 25.7 Å². The van der Waals surface area contributed by atoms with Crippen molar-refractivity contribution < 1.29 is 0 Å². The minimum Gasteiger partial charge on any atom is -0.303 e. The molecule has 0 rings (SSSR count). The molecule has 0 aromatic rings. The van der Waals surface area contributed by atoms with Gasteiger partial charge in [-0.05, 0) is 38.9 Å². The van der Waals surface area contributed by atoms with Gasteiger partial charge < -0.3 is 4.90 Å². The van der Waals surface area contributed by atoms with Crippen molar-refractivity contribution in [1.29, 1.82) is 0 Å². The predicted molar refractivity (Wildman–Crippen MR) is 135 cm³/mol. The van der Waals surface area contributed by atoms with E-state index >= 15 is 0 Å². The van der Waals surface area contributed by atoms with E-state index in [-0.39, 0.29) is 0 Å². The monoisotopic (exact) mass is 409 g/mol. The highest BCUT2D eigenvalue weighted by Gasteiger charge is 2.05. The highest BCUT2D eigenvalue weighted by molar-refractivity contribution is 4.60. The summed E-state index contributed by atoms with van der Waals surface area (Å²) < 4.78 is 0. The molecule has 0 heterocycles. The van der Waals surface area contributed by atoms with Crippen molar-refractivity contribution in [3.63, 3.8) is 0 Å². The Bertz CT molecular complexity index is 261. The summed E-state index contributed by atoms with van der Waals surface area (Å²) in [6.45, 7) is 11.0. The zero-order chi connectivity index (χ0) is 21.3. The first-order valence-corrected chi connectivity index (χ1v) is 14.1. The van der Waals surface area contributed by atoms with Crippen molar-refractivity contribution in [2.24, 2.45) is 0 Å². The van der Waals surface area contributed by atoms with Crippen molar-refractivity contribution >= 4 is 0 Å². The van der Waals surface area contributed by atoms with E-state index in [1.54, 1.807) is 0 Å². The lowest BCUT2D eigenvalue weighted by atomic mass is 10.1. The van der Waals surface area contributed by atoms with Crippen LogP contribution < -0.4 is 0 Å². The van der Waals surface area contributed by atoms with E-state index < -0.39 is 0 Å². The van der Waals surface area contributed by atoms with E-state index in [9.17, 15) is 0 Å². The molecule has 0 saturated heterocycles. The van der Waals surface area contributed by atoms with Crippen LogP contribution in [0.25, 0.3) is 0 Å². The number of rotatable bonds is 25. The quantitative estimate of drug-likeness (QED) is 0.136. The van der Waals surface area contributed by atoms with Crippen LogP contribution >= 0.6 is 0 Å². The van der Waals surface area contributed by atoms with Crippen molar-refractivity contribution in [3.8, 4) is 0 Å². The summed E-state index contributed by atoms with van der Waals surface area (Å²) in [6.07, 6.45) is 31.7. The minimum atomic E-state index is 1.36. The molecule has 0 aliphatic carbocycles. The number of nitrogens with zero attached hydrogens (tertiary/aromatic N) is 1. The van der Waals surface area contributed by atoms with Gasteiger partial charge in [-0.25, -0.2) is 0 Å². The maximum absolute atomic E-state index is 2.80. The summed E-state index contributed by atoms with van der Waals surface area (Å²) >= 11 is 0. The summed E-state index contributed by atoms with van der Waals surface area (Å²) in [4.78, 5) is 2.80. The average Bonchev–Trinajstić information content (AvgIpc) is 2.73. The zero-order valence-corrected chi connectivity index (χ0v) is 21.1. The standard InChI is InChI=1S/C28H59N/c1-4-7-10-13-14-15-16-17-18-19-22-25-28-29(26-23-20-11-8-5-2)27-24-21-12-9-6-3/h4-28H2,1-3H3. The Labute approximate surface area is 186 Å². The molecule has 0 aliphatic rings. The molecule has 0 aromatic heterocycles. The number of hydrogen-bond donors (Lipinski definition) is 0. The smallest absolute Gasteiger partial charge is 0.00187 e. The molecule has 0 atom stereocenters. The molecule has 0 unspecified atom stereocenters. The SMILES string of the molecule is CCCCCCCCCCCCCCN(CCCCCCC)CCCCCCC. The summed E-state index contributed by atoms with van der Waals surface area (Å²) in [5, 5.41) is 0. The van der Waals surface area contributed by atoms with Gasteiger partial charge in [0.2, 0.25) is 0 Å². The fourth-order valence-electron chi connectivity index (χ4n) is 4.39. The van der Waals surface area contributed by atoms with Crippen molar-refractivity contribution in [1.82, 2.24) is 4.90 Å². The maximum Gasteiger partial charge on any atom is -0.00187 e. The Balaban J connectivity index is 3.63. The van der Waals surface area contributed by atoms with E-state index in [0.717, 1.165) is 0 Å². The number of hydrogen-bond acceptors (Lipinski definition) is 1. The fraction of sp³-hybridized carbons (Fsp3) is 1.00. The molecule has 0 saturated carbocycles. The van der Waals surface area contributed by atoms with Gasteiger partial charge in [-0.15, -0.1) is 0 Å². The molecule has 29 heavy (non-hydrogen) atoms. The fourth-order valence-corrected chi connectivity index (χ4v) is 4.39. The average molecular weight is 410 g/mol. The second-order valence-corrected chi connectivity index (χ2v) is 9.56. The van der Waals surface area contributed by atoms with E-state index in [1.807, 2.05) is 0 Å². The maximum atomic E-state index is 2.80. The lowest BCUT2D eigenvalue weighted by molar-refractivity contribution is 0.254. The van der Waals surface area contributed by atoms with Crippen LogP contribution in [0.15, 0.2) is 0 Å². The van der Waals surface area contributed by atoms with Gasteiger partial charge in [-0.2, -0.15) is 0 Å². The molecular weight excluding hydrogens is 350 g/mol. The normalized spacial score (nSPS) is 11.6. The molecule has 0 amide bonds. The lowest BCUT2D eigenvalue weighted by Crippen LogP contribution is -2.27. The third kappa shape index (κ3) is 24.1. The minimum absolute atomic E-state index is 1.36. The van der Waals surface area contributed by atoms with Crippen LogP contribution in [0.2, 0.25) is 0 Å². The van der Waals surface area contributed by atoms with Crippen LogP contribution in [-0.2, 0) is 0 Å². The Morgan fingerprint density at radius 2 is 0.483 bits per heavy atom. The largest absolute Gasteiger partial charge is 0.303 e. The lowest BCUT2D eigenvalue weighted by Gasteiger charge is -2.22. The van der Waals surface area contributed by atoms with Gasteiger partial charge in [0.25, 0.3) is 0 Å². The van der Waals surface area contributed by atoms with Gasteiger partial charge in [0.15, 0.2) is 0 Å². The Morgan fingerprint density at radius 1 is 0.276 bits per heavy atom. The molecule has 176 valence electrons. The second-order valence-electron chi connectivity index (χ2n) is 9.56. The van der Waals surface area contributed by atoms with Gasteiger partial charge in [0.1, 0.15) is 0 Å². The molecule has 0 fully saturated rings. The van der Waals surface area contributed by atoms with Crippen molar-refractivity contribution in [3.05, 3.63) is 0 Å². The zero-order valence-electron chi connectivity index (χ0n) is 21.1. The molecule has 1 heteroatoms. The Morgan fingerprint density at radius 3 is 0.724 bits per heavy atom. The molecule has 0 N–H and O–H groups in total. The first-order chi connectivity index (χ1) is 14.3. The van der Waals surface area contributed by atoms with Gasteiger partial charge >= 0.3 is 0 Å².